The van der Waals surface area contributed by atoms with Crippen molar-refractivity contribution in [2.75, 3.05) is 0 Å². The van der Waals surface area contributed by atoms with Gasteiger partial charge in [0.05, 0.1) is 0 Å². The van der Waals surface area contributed by atoms with Gasteiger partial charge < -0.3 is 0 Å². The molecule has 116 heavy (non-hydrogen) atoms. The van der Waals surface area contributed by atoms with Crippen LogP contribution in [0.15, 0.2) is 0 Å². The van der Waals surface area contributed by atoms with E-state index in [9.17, 15) is 0 Å². The Labute approximate surface area is 856 Å². The van der Waals surface area contributed by atoms with Crippen molar-refractivity contribution in [3.8, 4) is 0 Å². The smallest absolute Gasteiger partial charge is 0.0776 e. The highest BCUT2D eigenvalue weighted by Crippen LogP contribution is 0.259. The van der Waals surface area contributed by atoms with E-state index in [1.807, 2.05) is 0 Å². The standard InChI is InChI=1S/116CH4/h116*1H4. The molecule has 0 aliphatic heterocycles. The maximum atomic E-state index is 0. The van der Waals surface area contributed by atoms with E-state index in [4.69, 9.17) is 0 Å². The fourth-order valence-corrected chi connectivity index (χ4v) is 0. The van der Waals surface area contributed by atoms with Crippen molar-refractivity contribution in [3.05, 3.63) is 0 Å². The molecule has 0 radical (unpaired) electrons. The Morgan fingerprint density at radius 2 is 0.00862 bits per heavy atom. The minimum Gasteiger partial charge on any atom is -0.0776 e. The molecule has 0 unspecified atom stereocenters. The number of hydrogen-bond donors (Lipinski definition) is 0. The fourth-order valence-electron chi connectivity index (χ4n) is 0. The van der Waals surface area contributed by atoms with E-state index in [2.05, 4.69) is 0 Å². The number of rotatable bonds is 0. The van der Waals surface area contributed by atoms with Gasteiger partial charge in [-0.2, -0.15) is 0 Å². The lowest BCUT2D eigenvalue weighted by Gasteiger charge is -0.0786. The van der Waals surface area contributed by atoms with Crippen LogP contribution in [0.5, 0.6) is 0 Å². The van der Waals surface area contributed by atoms with Crippen molar-refractivity contribution in [2.45, 2.75) is 861 Å². The molecule has 0 saturated carbocycles. The van der Waals surface area contributed by atoms with Crippen LogP contribution in [0.1, 0.15) is 861 Å². The summed E-state index contributed by atoms with van der Waals surface area (Å²) in [5.74, 6) is 0. The summed E-state index contributed by atoms with van der Waals surface area (Å²) in [7, 11) is 0. The van der Waals surface area contributed by atoms with Crippen LogP contribution in [0, 0.1) is 0 Å². The molecule has 0 bridgehead atoms. The van der Waals surface area contributed by atoms with Crippen molar-refractivity contribution < 1.29 is 0 Å². The molecular weight excluding hydrogens is 1390 g/mol. The molecule has 0 aromatic rings. The van der Waals surface area contributed by atoms with Gasteiger partial charge in [-0.15, -0.1) is 0 Å². The molecule has 0 aliphatic rings. The zero-order valence-electron chi connectivity index (χ0n) is 0. The lowest BCUT2D eigenvalue weighted by atomic mass is 12.0. The summed E-state index contributed by atoms with van der Waals surface area (Å²) in [5, 5.41) is 0. The molecule has 0 N–H and O–H groups in total. The van der Waals surface area contributed by atoms with E-state index in [1.165, 1.54) is 0 Å². The molecule has 0 aliphatic carbocycles. The van der Waals surface area contributed by atoms with Crippen LogP contribution in [0.4, 0.5) is 0 Å². The van der Waals surface area contributed by atoms with Crippen LogP contribution in [-0.2, 0) is 0 Å². The average Bonchev–Trinajstić information content (AvgIpc) is 0. The Morgan fingerprint density at radius 3 is 0.00862 bits per heavy atom. The second-order valence-corrected chi connectivity index (χ2v) is 0. The predicted molar refractivity (Wildman–Crippen MR) is 781 cm³/mol. The Hall–Kier alpha value is 0. The molecule has 0 aromatic heterocycles. The molecule has 0 heteroatoms. The Balaban J connectivity index is 0. The second-order valence-electron chi connectivity index (χ2n) is 0. The van der Waals surface area contributed by atoms with Crippen LogP contribution in [0.2, 0.25) is 0 Å². The first-order valence-corrected chi connectivity index (χ1v) is 0. The molecule has 0 amide bonds. The minimum atomic E-state index is 0. The van der Waals surface area contributed by atoms with E-state index in [0.717, 1.165) is 0 Å². The van der Waals surface area contributed by atoms with Gasteiger partial charge in [-0.25, -0.2) is 0 Å². The third-order valence-corrected chi connectivity index (χ3v) is 0. The zero-order chi connectivity index (χ0) is 0. The second kappa shape index (κ2) is 0. The summed E-state index contributed by atoms with van der Waals surface area (Å²) in [5.41, 5.74) is 0. The first-order chi connectivity index (χ1) is 0. The van der Waals surface area contributed by atoms with E-state index < -0.39 is 0 Å². The van der Waals surface area contributed by atoms with E-state index >= 15 is 0 Å². The molecule has 0 heterocycles. The van der Waals surface area contributed by atoms with Gasteiger partial charge in [0.2, 0.25) is 0 Å². The Kier molecular flexibility index (Phi) is 0. The third-order valence-electron chi connectivity index (χ3n) is 0. The third kappa shape index (κ3) is 0. The molecule has 0 fully saturated rings. The number of hydrogen-bond acceptors (Lipinski definition) is 0. The van der Waals surface area contributed by atoms with E-state index in [1.54, 1.807) is 0 Å². The maximum Gasteiger partial charge on any atom is -0.0776 e. The molecule has 0 spiro atoms. The van der Waals surface area contributed by atoms with Gasteiger partial charge in [-0.3, -0.25) is 0 Å². The zero-order valence-corrected chi connectivity index (χ0v) is 0. The van der Waals surface area contributed by atoms with Crippen molar-refractivity contribution in [3.63, 3.8) is 0 Å². The predicted octanol–water partition coefficient (Wildman–Crippen LogP) is 73.8. The Bertz CT molecular complexity index is 0. The van der Waals surface area contributed by atoms with Gasteiger partial charge >= 0.3 is 0 Å². The van der Waals surface area contributed by atoms with Gasteiger partial charge in [0.25, 0.3) is 0 Å². The Morgan fingerprint density at radius 1 is 0.00862 bits per heavy atom. The normalized spacial score (nSPS) is 0. The van der Waals surface area contributed by atoms with Gasteiger partial charge in [0.15, 0.2) is 0 Å². The molecule has 928 valence electrons. The summed E-state index contributed by atoms with van der Waals surface area (Å²) in [4.78, 5) is 0. The molecule has 0 aromatic carbocycles. The monoisotopic (exact) mass is 1860 g/mol. The first kappa shape index (κ1) is 0. The highest BCUT2D eigenvalue weighted by atomic mass is 12.1. The summed E-state index contributed by atoms with van der Waals surface area (Å²) in [6, 6.07) is 0. The molecule has 0 atom stereocenters. The van der Waals surface area contributed by atoms with Gasteiger partial charge in [0.1, 0.15) is 0 Å². The lowest BCUT2D eigenvalue weighted by Crippen LogP contribution is 0.143. The van der Waals surface area contributed by atoms with Crippen molar-refractivity contribution in [2.24, 2.45) is 0 Å². The molecule has 0 nitrogen and oxygen atoms in total. The molecule has 0 saturated heterocycles. The van der Waals surface area contributed by atoms with E-state index in [-0.39, 0.29) is 861 Å². The fraction of sp³-hybridized carbons (Fsp3) is 1.00. The summed E-state index contributed by atoms with van der Waals surface area (Å²) >= 11 is 0. The summed E-state index contributed by atoms with van der Waals surface area (Å²) in [6.07, 6.45) is 0. The topological polar surface area (TPSA) is 0 Å². The molecular formula is C116H464. The van der Waals surface area contributed by atoms with Crippen molar-refractivity contribution in [1.82, 2.24) is 0 Å². The maximum absolute atomic E-state index is 0. The van der Waals surface area contributed by atoms with Crippen molar-refractivity contribution in [1.29, 1.82) is 0 Å². The lowest BCUT2D eigenvalue weighted by molar-refractivity contribution is 2.50. The van der Waals surface area contributed by atoms with Crippen LogP contribution in [0.3, 0.4) is 0 Å². The highest BCUT2D eigenvalue weighted by Gasteiger charge is 0.0374. The van der Waals surface area contributed by atoms with E-state index in [0.29, 0.717) is 0 Å². The summed E-state index contributed by atoms with van der Waals surface area (Å²) in [6.45, 7) is 0. The molecule has 0 rings (SSSR count). The SMILES string of the molecule is C.C.C.C.C.C.C.C.C.C.C.C.C.C.C.C.C.C.C.C.C.C.C.C.C.C.C.C.C.C.C.C.C.C.C.C.C.C.C.C.C.C.C.C.C.C.C.C.C.C.C.C.C.C.C.C.C.C.C.C.C.C.C.C.C.C.C.C.C.C.C.C.C.C.C.C.C.C.C.C.C.C.C.C.C.C.C.C.C.C.C.C.C.C.C.C.C.C.C.C.C.C.C.C.C.C.C.C.C.C.C.C.C.C.C.C. The average molecular weight is 1860 g/mol. The minimum absolute atomic E-state index is 0. The largest absolute Gasteiger partial charge is 0.0776 e. The first-order valence-electron chi connectivity index (χ1n) is 0. The van der Waals surface area contributed by atoms with Gasteiger partial charge in [0, 0.05) is 0 Å². The highest BCUT2D eigenvalue weighted by molar-refractivity contribution is 2.62. The van der Waals surface area contributed by atoms with Gasteiger partial charge in [-0.05, 0) is 0 Å². The van der Waals surface area contributed by atoms with Crippen LogP contribution in [0.25, 0.3) is 0 Å². The van der Waals surface area contributed by atoms with Crippen LogP contribution in [-0.4, -0.2) is 0 Å². The van der Waals surface area contributed by atoms with Crippen LogP contribution < -0.4 is 0 Å². The van der Waals surface area contributed by atoms with Crippen LogP contribution >= 0.6 is 0 Å². The summed E-state index contributed by atoms with van der Waals surface area (Å²) < 4.78 is 0. The quantitative estimate of drug-likeness (QED) is 0.227. The van der Waals surface area contributed by atoms with Crippen molar-refractivity contribution >= 4 is 0 Å². The van der Waals surface area contributed by atoms with Gasteiger partial charge in [-0.1, -0.05) is 861 Å².